The summed E-state index contributed by atoms with van der Waals surface area (Å²) >= 11 is 5.82. The first-order valence-corrected chi connectivity index (χ1v) is 8.38. The van der Waals surface area contributed by atoms with Crippen LogP contribution in [0.25, 0.3) is 0 Å². The Morgan fingerprint density at radius 2 is 1.96 bits per heavy atom. The van der Waals surface area contributed by atoms with Gasteiger partial charge in [-0.2, -0.15) is 0 Å². The summed E-state index contributed by atoms with van der Waals surface area (Å²) in [4.78, 5) is 24.7. The van der Waals surface area contributed by atoms with Crippen molar-refractivity contribution in [3.63, 3.8) is 0 Å². The molecule has 1 amide bonds. The minimum absolute atomic E-state index is 0.0227. The zero-order chi connectivity index (χ0) is 18.4. The summed E-state index contributed by atoms with van der Waals surface area (Å²) in [5, 5.41) is 7.00. The lowest BCUT2D eigenvalue weighted by atomic mass is 10.0. The zero-order valence-corrected chi connectivity index (χ0v) is 15.2. The SMILES string of the molecule is Cc1cc(COC(=O)C(CC(C)C)NC(=O)c2ccc(Cl)cc2)on1. The molecule has 6 nitrogen and oxygen atoms in total. The van der Waals surface area contributed by atoms with Crippen LogP contribution in [0.15, 0.2) is 34.9 Å². The maximum Gasteiger partial charge on any atom is 0.329 e. The molecule has 0 aliphatic carbocycles. The van der Waals surface area contributed by atoms with E-state index in [-0.39, 0.29) is 18.4 Å². The Balaban J connectivity index is 2.00. The van der Waals surface area contributed by atoms with E-state index >= 15 is 0 Å². The van der Waals surface area contributed by atoms with E-state index in [1.165, 1.54) is 0 Å². The predicted molar refractivity (Wildman–Crippen MR) is 93.2 cm³/mol. The number of rotatable bonds is 7. The lowest BCUT2D eigenvalue weighted by Crippen LogP contribution is -2.42. The fourth-order valence-corrected chi connectivity index (χ4v) is 2.38. The van der Waals surface area contributed by atoms with Crippen LogP contribution in [-0.4, -0.2) is 23.1 Å². The Kier molecular flexibility index (Phi) is 6.58. The average Bonchev–Trinajstić information content (AvgIpc) is 2.97. The quantitative estimate of drug-likeness (QED) is 0.760. The van der Waals surface area contributed by atoms with Crippen molar-refractivity contribution in [3.05, 3.63) is 52.4 Å². The van der Waals surface area contributed by atoms with E-state index in [1.54, 1.807) is 37.3 Å². The molecule has 25 heavy (non-hydrogen) atoms. The van der Waals surface area contributed by atoms with Gasteiger partial charge in [-0.25, -0.2) is 4.79 Å². The summed E-state index contributed by atoms with van der Waals surface area (Å²) in [5.41, 5.74) is 1.14. The Hall–Kier alpha value is -2.34. The maximum atomic E-state index is 12.4. The molecule has 0 bridgehead atoms. The van der Waals surface area contributed by atoms with Gasteiger partial charge in [0.1, 0.15) is 6.04 Å². The standard InChI is InChI=1S/C18H21ClN2O4/c1-11(2)8-16(18(23)24-10-15-9-12(3)21-25-15)20-17(22)13-4-6-14(19)7-5-13/h4-7,9,11,16H,8,10H2,1-3H3,(H,20,22). The van der Waals surface area contributed by atoms with Crippen LogP contribution in [-0.2, 0) is 16.1 Å². The van der Waals surface area contributed by atoms with Gasteiger partial charge >= 0.3 is 5.97 Å². The van der Waals surface area contributed by atoms with Crippen LogP contribution in [0, 0.1) is 12.8 Å². The average molecular weight is 365 g/mol. The Labute approximate surface area is 151 Å². The van der Waals surface area contributed by atoms with Gasteiger partial charge in [0.05, 0.1) is 5.69 Å². The smallest absolute Gasteiger partial charge is 0.329 e. The highest BCUT2D eigenvalue weighted by Gasteiger charge is 2.24. The molecule has 0 spiro atoms. The molecule has 0 saturated heterocycles. The summed E-state index contributed by atoms with van der Waals surface area (Å²) < 4.78 is 10.3. The number of aromatic nitrogens is 1. The largest absolute Gasteiger partial charge is 0.456 e. The molecule has 1 atom stereocenters. The summed E-state index contributed by atoms with van der Waals surface area (Å²) in [6, 6.07) is 7.40. The number of amides is 1. The molecule has 134 valence electrons. The van der Waals surface area contributed by atoms with Crippen molar-refractivity contribution in [2.45, 2.75) is 39.8 Å². The molecule has 1 aromatic carbocycles. The number of carbonyl (C=O) groups is 2. The van der Waals surface area contributed by atoms with Gasteiger partial charge in [0.15, 0.2) is 12.4 Å². The molecule has 1 aromatic heterocycles. The van der Waals surface area contributed by atoms with Crippen LogP contribution >= 0.6 is 11.6 Å². The second-order valence-corrected chi connectivity index (χ2v) is 6.64. The zero-order valence-electron chi connectivity index (χ0n) is 14.4. The monoisotopic (exact) mass is 364 g/mol. The van der Waals surface area contributed by atoms with Crippen molar-refractivity contribution >= 4 is 23.5 Å². The van der Waals surface area contributed by atoms with Crippen molar-refractivity contribution < 1.29 is 18.8 Å². The molecular formula is C18H21ClN2O4. The Morgan fingerprint density at radius 1 is 1.28 bits per heavy atom. The third kappa shape index (κ3) is 5.90. The van der Waals surface area contributed by atoms with E-state index in [0.29, 0.717) is 28.5 Å². The van der Waals surface area contributed by atoms with Crippen LogP contribution in [0.5, 0.6) is 0 Å². The highest BCUT2D eigenvalue weighted by Crippen LogP contribution is 2.12. The fraction of sp³-hybridized carbons (Fsp3) is 0.389. The minimum Gasteiger partial charge on any atom is -0.456 e. The lowest BCUT2D eigenvalue weighted by molar-refractivity contribution is -0.148. The van der Waals surface area contributed by atoms with E-state index in [2.05, 4.69) is 10.5 Å². The minimum atomic E-state index is -0.743. The van der Waals surface area contributed by atoms with Crippen LogP contribution in [0.3, 0.4) is 0 Å². The lowest BCUT2D eigenvalue weighted by Gasteiger charge is -2.19. The van der Waals surface area contributed by atoms with Gasteiger partial charge in [0.25, 0.3) is 5.91 Å². The summed E-state index contributed by atoms with van der Waals surface area (Å²) in [6.45, 7) is 5.69. The molecule has 0 aliphatic heterocycles. The van der Waals surface area contributed by atoms with Crippen LogP contribution in [0.2, 0.25) is 5.02 Å². The van der Waals surface area contributed by atoms with Crippen LogP contribution < -0.4 is 5.32 Å². The molecule has 0 radical (unpaired) electrons. The predicted octanol–water partition coefficient (Wildman–Crippen LogP) is 3.52. The number of aryl methyl sites for hydroxylation is 1. The third-order valence-corrected chi connectivity index (χ3v) is 3.69. The molecule has 7 heteroatoms. The Bertz CT molecular complexity index is 725. The number of carbonyl (C=O) groups excluding carboxylic acids is 2. The van der Waals surface area contributed by atoms with E-state index in [9.17, 15) is 9.59 Å². The number of benzene rings is 1. The number of halogens is 1. The number of esters is 1. The summed E-state index contributed by atoms with van der Waals surface area (Å²) in [6.07, 6.45) is 0.466. The maximum absolute atomic E-state index is 12.4. The highest BCUT2D eigenvalue weighted by molar-refractivity contribution is 6.30. The van der Waals surface area contributed by atoms with Crippen LogP contribution in [0.4, 0.5) is 0 Å². The molecule has 0 saturated carbocycles. The molecule has 1 N–H and O–H groups in total. The van der Waals surface area contributed by atoms with Crippen LogP contribution in [0.1, 0.15) is 42.1 Å². The molecular weight excluding hydrogens is 344 g/mol. The van der Waals surface area contributed by atoms with Crippen molar-refractivity contribution in [1.29, 1.82) is 0 Å². The Morgan fingerprint density at radius 3 is 2.52 bits per heavy atom. The van der Waals surface area contributed by atoms with Crippen molar-refractivity contribution in [1.82, 2.24) is 10.5 Å². The molecule has 2 rings (SSSR count). The van der Waals surface area contributed by atoms with E-state index in [1.807, 2.05) is 13.8 Å². The van der Waals surface area contributed by atoms with Gasteiger partial charge in [0, 0.05) is 16.7 Å². The first-order chi connectivity index (χ1) is 11.8. The summed E-state index contributed by atoms with van der Waals surface area (Å²) in [7, 11) is 0. The second kappa shape index (κ2) is 8.67. The van der Waals surface area contributed by atoms with E-state index in [0.717, 1.165) is 0 Å². The fourth-order valence-electron chi connectivity index (χ4n) is 2.26. The second-order valence-electron chi connectivity index (χ2n) is 6.20. The normalized spacial score (nSPS) is 12.0. The molecule has 1 heterocycles. The number of hydrogen-bond donors (Lipinski definition) is 1. The van der Waals surface area contributed by atoms with Gasteiger partial charge in [-0.1, -0.05) is 30.6 Å². The molecule has 2 aromatic rings. The molecule has 1 unspecified atom stereocenters. The molecule has 0 fully saturated rings. The van der Waals surface area contributed by atoms with Gasteiger partial charge in [-0.05, 0) is 43.5 Å². The molecule has 0 aliphatic rings. The number of nitrogens with one attached hydrogen (secondary N) is 1. The number of hydrogen-bond acceptors (Lipinski definition) is 5. The van der Waals surface area contributed by atoms with E-state index in [4.69, 9.17) is 20.9 Å². The highest BCUT2D eigenvalue weighted by atomic mass is 35.5. The van der Waals surface area contributed by atoms with Gasteiger partial charge in [-0.15, -0.1) is 0 Å². The van der Waals surface area contributed by atoms with Gasteiger partial charge < -0.3 is 14.6 Å². The van der Waals surface area contributed by atoms with Crippen molar-refractivity contribution in [3.8, 4) is 0 Å². The summed E-state index contributed by atoms with van der Waals surface area (Å²) in [5.74, 6) is -0.200. The number of ether oxygens (including phenoxy) is 1. The van der Waals surface area contributed by atoms with Crippen molar-refractivity contribution in [2.24, 2.45) is 5.92 Å². The van der Waals surface area contributed by atoms with Gasteiger partial charge in [-0.3, -0.25) is 4.79 Å². The number of nitrogens with zero attached hydrogens (tertiary/aromatic N) is 1. The first kappa shape index (κ1) is 19.0. The first-order valence-electron chi connectivity index (χ1n) is 8.00. The van der Waals surface area contributed by atoms with Crippen molar-refractivity contribution in [2.75, 3.05) is 0 Å². The van der Waals surface area contributed by atoms with Gasteiger partial charge in [0.2, 0.25) is 0 Å². The third-order valence-electron chi connectivity index (χ3n) is 3.44. The topological polar surface area (TPSA) is 81.4 Å². The van der Waals surface area contributed by atoms with E-state index < -0.39 is 12.0 Å².